The summed E-state index contributed by atoms with van der Waals surface area (Å²) in [7, 11) is -1.16. The lowest BCUT2D eigenvalue weighted by Crippen LogP contribution is -2.36. The molecule has 3 nitrogen and oxygen atoms in total. The lowest BCUT2D eigenvalue weighted by molar-refractivity contribution is -0.120. The highest BCUT2D eigenvalue weighted by Crippen LogP contribution is 2.07. The van der Waals surface area contributed by atoms with Crippen LogP contribution in [0.15, 0.2) is 30.3 Å². The first-order valence-corrected chi connectivity index (χ1v) is 7.22. The molecule has 0 fully saturated rings. The standard InChI is InChI=1S/C13H19NO2S/c1-3-9-14-13(15)11(2)17(16)10-12-7-5-4-6-8-12/h4-8,11H,3,9-10H2,1-2H3,(H,14,15)/t11-,17-/m1/s1. The van der Waals surface area contributed by atoms with Crippen LogP contribution >= 0.6 is 0 Å². The van der Waals surface area contributed by atoms with E-state index in [2.05, 4.69) is 5.32 Å². The summed E-state index contributed by atoms with van der Waals surface area (Å²) < 4.78 is 12.0. The van der Waals surface area contributed by atoms with E-state index in [4.69, 9.17) is 0 Å². The Morgan fingerprint density at radius 3 is 2.59 bits per heavy atom. The maximum absolute atomic E-state index is 12.0. The average molecular weight is 253 g/mol. The van der Waals surface area contributed by atoms with Gasteiger partial charge >= 0.3 is 0 Å². The van der Waals surface area contributed by atoms with Crippen molar-refractivity contribution in [3.05, 3.63) is 35.9 Å². The number of rotatable bonds is 6. The Morgan fingerprint density at radius 2 is 2.00 bits per heavy atom. The van der Waals surface area contributed by atoms with Gasteiger partial charge < -0.3 is 5.32 Å². The molecule has 0 saturated heterocycles. The van der Waals surface area contributed by atoms with Crippen LogP contribution in [-0.4, -0.2) is 21.9 Å². The van der Waals surface area contributed by atoms with E-state index in [0.717, 1.165) is 12.0 Å². The fraction of sp³-hybridized carbons (Fsp3) is 0.462. The highest BCUT2D eigenvalue weighted by Gasteiger charge is 2.19. The number of hydrogen-bond donors (Lipinski definition) is 1. The van der Waals surface area contributed by atoms with E-state index in [1.807, 2.05) is 37.3 Å². The summed E-state index contributed by atoms with van der Waals surface area (Å²) in [6.45, 7) is 4.35. The molecule has 1 N–H and O–H groups in total. The Hall–Kier alpha value is -1.16. The van der Waals surface area contributed by atoms with Crippen LogP contribution in [0.4, 0.5) is 0 Å². The van der Waals surface area contributed by atoms with Gasteiger partial charge in [-0.2, -0.15) is 0 Å². The van der Waals surface area contributed by atoms with E-state index in [0.29, 0.717) is 12.3 Å². The minimum Gasteiger partial charge on any atom is -0.355 e. The minimum atomic E-state index is -1.16. The molecule has 0 spiro atoms. The Labute approximate surface area is 105 Å². The fourth-order valence-corrected chi connectivity index (χ4v) is 2.47. The van der Waals surface area contributed by atoms with Crippen molar-refractivity contribution in [2.45, 2.75) is 31.3 Å². The number of nitrogens with one attached hydrogen (secondary N) is 1. The van der Waals surface area contributed by atoms with Gasteiger partial charge in [0.2, 0.25) is 5.91 Å². The maximum atomic E-state index is 12.0. The second kappa shape index (κ2) is 7.22. The molecule has 0 aliphatic rings. The van der Waals surface area contributed by atoms with Crippen molar-refractivity contribution in [1.29, 1.82) is 0 Å². The Bertz CT molecular complexity index is 378. The summed E-state index contributed by atoms with van der Waals surface area (Å²) >= 11 is 0. The second-order valence-corrected chi connectivity index (χ2v) is 5.70. The van der Waals surface area contributed by atoms with Crippen LogP contribution < -0.4 is 5.32 Å². The van der Waals surface area contributed by atoms with Crippen molar-refractivity contribution in [3.63, 3.8) is 0 Å². The molecule has 4 heteroatoms. The predicted molar refractivity (Wildman–Crippen MR) is 71.1 cm³/mol. The molecule has 0 aliphatic heterocycles. The van der Waals surface area contributed by atoms with Gasteiger partial charge in [-0.05, 0) is 18.9 Å². The largest absolute Gasteiger partial charge is 0.355 e. The molecule has 0 aliphatic carbocycles. The van der Waals surface area contributed by atoms with Crippen molar-refractivity contribution in [2.24, 2.45) is 0 Å². The molecule has 0 unspecified atom stereocenters. The summed E-state index contributed by atoms with van der Waals surface area (Å²) in [5.74, 6) is 0.308. The van der Waals surface area contributed by atoms with Gasteiger partial charge in [-0.15, -0.1) is 0 Å². The molecule has 1 rings (SSSR count). The third-order valence-electron chi connectivity index (χ3n) is 2.46. The first-order chi connectivity index (χ1) is 8.15. The van der Waals surface area contributed by atoms with E-state index >= 15 is 0 Å². The van der Waals surface area contributed by atoms with Crippen molar-refractivity contribution >= 4 is 16.7 Å². The zero-order chi connectivity index (χ0) is 12.7. The van der Waals surface area contributed by atoms with Crippen molar-refractivity contribution in [3.8, 4) is 0 Å². The topological polar surface area (TPSA) is 46.2 Å². The van der Waals surface area contributed by atoms with Gasteiger partial charge in [0.1, 0.15) is 5.25 Å². The van der Waals surface area contributed by atoms with E-state index in [1.54, 1.807) is 6.92 Å². The van der Waals surface area contributed by atoms with Gasteiger partial charge in [0.05, 0.1) is 0 Å². The predicted octanol–water partition coefficient (Wildman–Crippen LogP) is 1.85. The van der Waals surface area contributed by atoms with Crippen LogP contribution in [0.3, 0.4) is 0 Å². The Morgan fingerprint density at radius 1 is 1.35 bits per heavy atom. The lowest BCUT2D eigenvalue weighted by Gasteiger charge is -2.11. The van der Waals surface area contributed by atoms with Crippen LogP contribution in [0.1, 0.15) is 25.8 Å². The summed E-state index contributed by atoms with van der Waals surface area (Å²) in [6.07, 6.45) is 0.893. The highest BCUT2D eigenvalue weighted by atomic mass is 32.2. The first kappa shape index (κ1) is 13.9. The molecule has 94 valence electrons. The third kappa shape index (κ3) is 4.69. The summed E-state index contributed by atoms with van der Waals surface area (Å²) in [6, 6.07) is 9.59. The Balaban J connectivity index is 2.50. The molecule has 0 bridgehead atoms. The molecule has 17 heavy (non-hydrogen) atoms. The van der Waals surface area contributed by atoms with E-state index in [9.17, 15) is 9.00 Å². The Kier molecular flexibility index (Phi) is 5.91. The molecule has 0 aromatic heterocycles. The number of benzene rings is 1. The van der Waals surface area contributed by atoms with Gasteiger partial charge in [-0.1, -0.05) is 37.3 Å². The zero-order valence-corrected chi connectivity index (χ0v) is 11.1. The number of hydrogen-bond acceptors (Lipinski definition) is 2. The number of carbonyl (C=O) groups excluding carboxylic acids is 1. The normalized spacial score (nSPS) is 14.0. The van der Waals surface area contributed by atoms with E-state index in [-0.39, 0.29) is 5.91 Å². The molecular weight excluding hydrogens is 234 g/mol. The van der Waals surface area contributed by atoms with Gasteiger partial charge in [0.25, 0.3) is 0 Å². The minimum absolute atomic E-state index is 0.124. The highest BCUT2D eigenvalue weighted by molar-refractivity contribution is 7.85. The van der Waals surface area contributed by atoms with Crippen LogP contribution in [-0.2, 0) is 21.3 Å². The molecular formula is C13H19NO2S. The maximum Gasteiger partial charge on any atom is 0.235 e. The molecule has 0 saturated carbocycles. The first-order valence-electron chi connectivity index (χ1n) is 5.84. The van der Waals surface area contributed by atoms with Crippen molar-refractivity contribution in [1.82, 2.24) is 5.32 Å². The molecule has 1 amide bonds. The molecule has 2 atom stereocenters. The van der Waals surface area contributed by atoms with Crippen molar-refractivity contribution < 1.29 is 9.00 Å². The summed E-state index contributed by atoms with van der Waals surface area (Å²) in [4.78, 5) is 11.6. The molecule has 0 radical (unpaired) electrons. The second-order valence-electron chi connectivity index (χ2n) is 3.94. The summed E-state index contributed by atoms with van der Waals surface area (Å²) in [5.41, 5.74) is 1.00. The van der Waals surface area contributed by atoms with E-state index < -0.39 is 16.0 Å². The van der Waals surface area contributed by atoms with Gasteiger partial charge in [0, 0.05) is 23.1 Å². The van der Waals surface area contributed by atoms with Crippen LogP contribution in [0.25, 0.3) is 0 Å². The molecule has 1 aromatic carbocycles. The smallest absolute Gasteiger partial charge is 0.235 e. The van der Waals surface area contributed by atoms with E-state index in [1.165, 1.54) is 0 Å². The van der Waals surface area contributed by atoms with Crippen LogP contribution in [0.5, 0.6) is 0 Å². The lowest BCUT2D eigenvalue weighted by atomic mass is 10.2. The van der Waals surface area contributed by atoms with Crippen molar-refractivity contribution in [2.75, 3.05) is 6.54 Å². The van der Waals surface area contributed by atoms with Gasteiger partial charge in [0.15, 0.2) is 0 Å². The molecule has 0 heterocycles. The monoisotopic (exact) mass is 253 g/mol. The number of amides is 1. The van der Waals surface area contributed by atoms with Crippen LogP contribution in [0.2, 0.25) is 0 Å². The third-order valence-corrected chi connectivity index (χ3v) is 4.09. The molecule has 1 aromatic rings. The summed E-state index contributed by atoms with van der Waals surface area (Å²) in [5, 5.41) is 2.31. The SMILES string of the molecule is CCCNC(=O)[C@@H](C)[S@](=O)Cc1ccccc1. The average Bonchev–Trinajstić information content (AvgIpc) is 2.36. The number of carbonyl (C=O) groups is 1. The van der Waals surface area contributed by atoms with Crippen LogP contribution in [0, 0.1) is 0 Å². The zero-order valence-electron chi connectivity index (χ0n) is 10.3. The fourth-order valence-electron chi connectivity index (χ4n) is 1.37. The van der Waals surface area contributed by atoms with Gasteiger partial charge in [-0.3, -0.25) is 9.00 Å². The van der Waals surface area contributed by atoms with Gasteiger partial charge in [-0.25, -0.2) is 0 Å². The quantitative estimate of drug-likeness (QED) is 0.841.